The second-order valence-electron chi connectivity index (χ2n) is 6.20. The summed E-state index contributed by atoms with van der Waals surface area (Å²) in [5.74, 6) is -1.69. The number of ether oxygens (including phenoxy) is 2. The summed E-state index contributed by atoms with van der Waals surface area (Å²) in [6.45, 7) is -2.24. The lowest BCUT2D eigenvalue weighted by atomic mass is 10.3. The summed E-state index contributed by atoms with van der Waals surface area (Å²) in [5, 5.41) is 21.1. The summed E-state index contributed by atoms with van der Waals surface area (Å²) in [4.78, 5) is 22.5. The topological polar surface area (TPSA) is 126 Å². The van der Waals surface area contributed by atoms with Gasteiger partial charge in [0.1, 0.15) is 19.2 Å². The second kappa shape index (κ2) is 9.42. The molecule has 0 radical (unpaired) electrons. The van der Waals surface area contributed by atoms with Crippen LogP contribution in [0.1, 0.15) is 10.5 Å². The molecule has 0 saturated carbocycles. The van der Waals surface area contributed by atoms with Crippen LogP contribution in [0.3, 0.4) is 0 Å². The van der Waals surface area contributed by atoms with Crippen LogP contribution in [-0.2, 0) is 18.2 Å². The smallest absolute Gasteiger partial charge is 0.411 e. The minimum Gasteiger partial charge on any atom is -0.464 e. The van der Waals surface area contributed by atoms with E-state index in [4.69, 9.17) is 4.74 Å². The first kappa shape index (κ1) is 22.7. The molecule has 0 aliphatic rings. The average Bonchev–Trinajstić information content (AvgIpc) is 3.35. The van der Waals surface area contributed by atoms with Crippen molar-refractivity contribution in [3.05, 3.63) is 64.5 Å². The molecule has 0 unspecified atom stereocenters. The lowest BCUT2D eigenvalue weighted by Gasteiger charge is -2.07. The fourth-order valence-corrected chi connectivity index (χ4v) is 2.39. The molecule has 170 valence electrons. The summed E-state index contributed by atoms with van der Waals surface area (Å²) in [5.41, 5.74) is -0.303. The van der Waals surface area contributed by atoms with Crippen molar-refractivity contribution >= 4 is 17.3 Å². The maximum atomic E-state index is 13.3. The van der Waals surface area contributed by atoms with Crippen LogP contribution >= 0.6 is 0 Å². The molecule has 0 aliphatic heterocycles. The van der Waals surface area contributed by atoms with Crippen molar-refractivity contribution in [2.45, 2.75) is 19.6 Å². The Balaban J connectivity index is 1.55. The van der Waals surface area contributed by atoms with Gasteiger partial charge in [-0.05, 0) is 12.1 Å². The number of nitro benzene ring substituents is 1. The second-order valence-corrected chi connectivity index (χ2v) is 6.20. The number of hydrogen-bond acceptors (Lipinski definition) is 7. The van der Waals surface area contributed by atoms with E-state index in [2.05, 4.69) is 20.3 Å². The molecule has 1 aromatic carbocycles. The first-order valence-corrected chi connectivity index (χ1v) is 8.69. The van der Waals surface area contributed by atoms with Crippen molar-refractivity contribution in [1.29, 1.82) is 0 Å². The van der Waals surface area contributed by atoms with E-state index >= 15 is 0 Å². The van der Waals surface area contributed by atoms with Crippen molar-refractivity contribution in [3.8, 4) is 5.75 Å². The predicted octanol–water partition coefficient (Wildman–Crippen LogP) is 2.95. The van der Waals surface area contributed by atoms with Crippen LogP contribution in [-0.4, -0.2) is 43.2 Å². The summed E-state index contributed by atoms with van der Waals surface area (Å²) in [6, 6.07) is 4.06. The van der Waals surface area contributed by atoms with Gasteiger partial charge in [-0.2, -0.15) is 23.4 Å². The number of hydrogen-bond donors (Lipinski definition) is 1. The third-order valence-electron chi connectivity index (χ3n) is 3.72. The molecule has 1 amide bonds. The van der Waals surface area contributed by atoms with E-state index in [-0.39, 0.29) is 23.9 Å². The SMILES string of the molecule is O=C(Nc1cnn(COCC(F)(F)F)c1)c1ccn(COc2cc(F)ccc2[N+](=O)[O-])n1. The number of nitro groups is 1. The molecule has 1 N–H and O–H groups in total. The van der Waals surface area contributed by atoms with Gasteiger partial charge in [-0.25, -0.2) is 13.8 Å². The Kier molecular flexibility index (Phi) is 6.67. The Bertz CT molecular complexity index is 1110. The molecular formula is C17H14F4N6O5. The number of nitrogens with one attached hydrogen (secondary N) is 1. The van der Waals surface area contributed by atoms with Gasteiger partial charge in [0.2, 0.25) is 5.75 Å². The van der Waals surface area contributed by atoms with E-state index in [9.17, 15) is 32.5 Å². The van der Waals surface area contributed by atoms with Gasteiger partial charge < -0.3 is 14.8 Å². The van der Waals surface area contributed by atoms with Gasteiger partial charge in [0.15, 0.2) is 12.4 Å². The third-order valence-corrected chi connectivity index (χ3v) is 3.72. The van der Waals surface area contributed by atoms with Gasteiger partial charge in [0, 0.05) is 18.3 Å². The standard InChI is InChI=1S/C17H14F4N6O5/c18-11-1-2-14(27(29)30)15(5-11)32-10-25-4-3-13(24-25)16(28)23-12-6-22-26(7-12)9-31-8-17(19,20)21/h1-7H,8-10H2,(H,23,28). The first-order chi connectivity index (χ1) is 15.1. The molecule has 15 heteroatoms. The molecule has 0 saturated heterocycles. The molecule has 2 heterocycles. The Morgan fingerprint density at radius 3 is 2.72 bits per heavy atom. The van der Waals surface area contributed by atoms with E-state index < -0.39 is 41.8 Å². The number of anilines is 1. The molecular weight excluding hydrogens is 444 g/mol. The van der Waals surface area contributed by atoms with Crippen molar-refractivity contribution in [1.82, 2.24) is 19.6 Å². The Hall–Kier alpha value is -4.01. The molecule has 0 atom stereocenters. The molecule has 0 fully saturated rings. The van der Waals surface area contributed by atoms with E-state index in [1.54, 1.807) is 0 Å². The van der Waals surface area contributed by atoms with Crippen LogP contribution in [0, 0.1) is 15.9 Å². The van der Waals surface area contributed by atoms with E-state index in [1.807, 2.05) is 0 Å². The van der Waals surface area contributed by atoms with Gasteiger partial charge in [0.05, 0.1) is 23.0 Å². The fourth-order valence-electron chi connectivity index (χ4n) is 2.39. The van der Waals surface area contributed by atoms with Crippen LogP contribution in [0.5, 0.6) is 5.75 Å². The van der Waals surface area contributed by atoms with Gasteiger partial charge >= 0.3 is 11.9 Å². The van der Waals surface area contributed by atoms with E-state index in [0.717, 1.165) is 27.6 Å². The van der Waals surface area contributed by atoms with Gasteiger partial charge in [-0.3, -0.25) is 14.9 Å². The monoisotopic (exact) mass is 458 g/mol. The molecule has 3 aromatic rings. The zero-order valence-corrected chi connectivity index (χ0v) is 16.0. The minimum absolute atomic E-state index is 0.0524. The summed E-state index contributed by atoms with van der Waals surface area (Å²) < 4.78 is 61.4. The van der Waals surface area contributed by atoms with Crippen LogP contribution in [0.2, 0.25) is 0 Å². The van der Waals surface area contributed by atoms with Gasteiger partial charge in [-0.15, -0.1) is 0 Å². The van der Waals surface area contributed by atoms with Crippen molar-refractivity contribution < 1.29 is 36.8 Å². The van der Waals surface area contributed by atoms with Crippen molar-refractivity contribution in [2.75, 3.05) is 11.9 Å². The Labute approximate surface area is 176 Å². The molecule has 2 aromatic heterocycles. The number of carbonyl (C=O) groups is 1. The largest absolute Gasteiger partial charge is 0.464 e. The molecule has 0 bridgehead atoms. The average molecular weight is 458 g/mol. The van der Waals surface area contributed by atoms with Crippen LogP contribution < -0.4 is 10.1 Å². The Morgan fingerprint density at radius 2 is 2.00 bits per heavy atom. The first-order valence-electron chi connectivity index (χ1n) is 8.69. The van der Waals surface area contributed by atoms with Crippen LogP contribution in [0.25, 0.3) is 0 Å². The lowest BCUT2D eigenvalue weighted by molar-refractivity contribution is -0.386. The number of nitrogens with zero attached hydrogens (tertiary/aromatic N) is 5. The number of alkyl halides is 3. The lowest BCUT2D eigenvalue weighted by Crippen LogP contribution is -2.18. The van der Waals surface area contributed by atoms with E-state index in [1.165, 1.54) is 24.7 Å². The molecule has 11 nitrogen and oxygen atoms in total. The molecule has 32 heavy (non-hydrogen) atoms. The third kappa shape index (κ3) is 6.24. The summed E-state index contributed by atoms with van der Waals surface area (Å²) >= 11 is 0. The number of aromatic nitrogens is 4. The van der Waals surface area contributed by atoms with Crippen LogP contribution in [0.4, 0.5) is 28.9 Å². The maximum Gasteiger partial charge on any atom is 0.411 e. The molecule has 3 rings (SSSR count). The van der Waals surface area contributed by atoms with Gasteiger partial charge in [-0.1, -0.05) is 0 Å². The quantitative estimate of drug-likeness (QED) is 0.297. The number of rotatable bonds is 9. The highest BCUT2D eigenvalue weighted by Crippen LogP contribution is 2.27. The zero-order valence-electron chi connectivity index (χ0n) is 16.0. The fraction of sp³-hybridized carbons (Fsp3) is 0.235. The summed E-state index contributed by atoms with van der Waals surface area (Å²) in [7, 11) is 0. The number of carbonyl (C=O) groups excluding carboxylic acids is 1. The van der Waals surface area contributed by atoms with Gasteiger partial charge in [0.25, 0.3) is 5.91 Å². The number of benzene rings is 1. The minimum atomic E-state index is -4.47. The highest BCUT2D eigenvalue weighted by atomic mass is 19.4. The summed E-state index contributed by atoms with van der Waals surface area (Å²) in [6.07, 6.45) is -0.643. The molecule has 0 aliphatic carbocycles. The van der Waals surface area contributed by atoms with Crippen molar-refractivity contribution in [3.63, 3.8) is 0 Å². The van der Waals surface area contributed by atoms with Crippen molar-refractivity contribution in [2.24, 2.45) is 0 Å². The number of amides is 1. The molecule has 0 spiro atoms. The highest BCUT2D eigenvalue weighted by Gasteiger charge is 2.27. The number of halogens is 4. The zero-order chi connectivity index (χ0) is 23.3. The normalized spacial score (nSPS) is 11.4. The predicted molar refractivity (Wildman–Crippen MR) is 98.1 cm³/mol. The Morgan fingerprint density at radius 1 is 1.22 bits per heavy atom. The van der Waals surface area contributed by atoms with E-state index in [0.29, 0.717) is 0 Å². The van der Waals surface area contributed by atoms with Crippen LogP contribution in [0.15, 0.2) is 42.9 Å². The highest BCUT2D eigenvalue weighted by molar-refractivity contribution is 6.02. The maximum absolute atomic E-state index is 13.3.